The standard InChI is InChI=1S/C16H15Br2ClN2/c17-12-7-5-10(6-8-12)9-13-20-15(11-3-1-2-4-11)14(18)16(19)21-13/h5-8,11H,1-4,9H2. The molecule has 1 heterocycles. The molecule has 1 aromatic carbocycles. The van der Waals surface area contributed by atoms with Crippen LogP contribution in [0.4, 0.5) is 0 Å². The van der Waals surface area contributed by atoms with Crippen molar-refractivity contribution in [3.05, 3.63) is 55.4 Å². The first kappa shape index (κ1) is 15.4. The molecular formula is C16H15Br2ClN2. The van der Waals surface area contributed by atoms with Crippen LogP contribution < -0.4 is 0 Å². The Kier molecular flexibility index (Phi) is 4.97. The zero-order valence-electron chi connectivity index (χ0n) is 11.5. The topological polar surface area (TPSA) is 25.8 Å². The van der Waals surface area contributed by atoms with Crippen molar-refractivity contribution in [1.29, 1.82) is 0 Å². The Morgan fingerprint density at radius 3 is 2.38 bits per heavy atom. The van der Waals surface area contributed by atoms with Gasteiger partial charge in [-0.15, -0.1) is 0 Å². The molecule has 21 heavy (non-hydrogen) atoms. The predicted molar refractivity (Wildman–Crippen MR) is 92.9 cm³/mol. The zero-order chi connectivity index (χ0) is 14.8. The number of halogens is 3. The van der Waals surface area contributed by atoms with E-state index in [1.54, 1.807) is 0 Å². The van der Waals surface area contributed by atoms with Crippen LogP contribution in [0.2, 0.25) is 5.15 Å². The monoisotopic (exact) mass is 428 g/mol. The summed E-state index contributed by atoms with van der Waals surface area (Å²) in [7, 11) is 0. The molecule has 1 aliphatic rings. The van der Waals surface area contributed by atoms with Crippen LogP contribution in [0.3, 0.4) is 0 Å². The van der Waals surface area contributed by atoms with Gasteiger partial charge in [-0.25, -0.2) is 9.97 Å². The van der Waals surface area contributed by atoms with Crippen LogP contribution >= 0.6 is 43.5 Å². The summed E-state index contributed by atoms with van der Waals surface area (Å²) in [4.78, 5) is 9.20. The minimum atomic E-state index is 0.517. The largest absolute Gasteiger partial charge is 0.236 e. The summed E-state index contributed by atoms with van der Waals surface area (Å²) in [5.41, 5.74) is 2.27. The van der Waals surface area contributed by atoms with Gasteiger partial charge in [-0.2, -0.15) is 0 Å². The van der Waals surface area contributed by atoms with Crippen molar-refractivity contribution < 1.29 is 0 Å². The maximum absolute atomic E-state index is 6.28. The summed E-state index contributed by atoms with van der Waals surface area (Å²) in [6, 6.07) is 8.23. The molecule has 1 aliphatic carbocycles. The second-order valence-corrected chi connectivity index (χ2v) is 7.48. The van der Waals surface area contributed by atoms with Crippen molar-refractivity contribution in [3.8, 4) is 0 Å². The Labute approximate surface area is 146 Å². The van der Waals surface area contributed by atoms with Gasteiger partial charge in [0, 0.05) is 16.8 Å². The van der Waals surface area contributed by atoms with E-state index in [1.165, 1.54) is 31.2 Å². The highest BCUT2D eigenvalue weighted by atomic mass is 79.9. The van der Waals surface area contributed by atoms with Gasteiger partial charge in [-0.1, -0.05) is 52.5 Å². The maximum atomic E-state index is 6.28. The van der Waals surface area contributed by atoms with Crippen LogP contribution in [0.25, 0.3) is 0 Å². The van der Waals surface area contributed by atoms with E-state index in [4.69, 9.17) is 16.6 Å². The van der Waals surface area contributed by atoms with Crippen LogP contribution in [0.5, 0.6) is 0 Å². The third kappa shape index (κ3) is 3.66. The van der Waals surface area contributed by atoms with Crippen LogP contribution in [-0.4, -0.2) is 9.97 Å². The van der Waals surface area contributed by atoms with Crippen molar-refractivity contribution in [2.45, 2.75) is 38.0 Å². The van der Waals surface area contributed by atoms with Gasteiger partial charge in [0.25, 0.3) is 0 Å². The van der Waals surface area contributed by atoms with Crippen LogP contribution in [0.15, 0.2) is 33.2 Å². The third-order valence-corrected chi connectivity index (χ3v) is 5.71. The average Bonchev–Trinajstić information content (AvgIpc) is 2.99. The molecule has 0 radical (unpaired) electrons. The normalized spacial score (nSPS) is 15.6. The van der Waals surface area contributed by atoms with Crippen LogP contribution in [-0.2, 0) is 6.42 Å². The molecule has 3 rings (SSSR count). The van der Waals surface area contributed by atoms with E-state index in [1.807, 2.05) is 12.1 Å². The van der Waals surface area contributed by atoms with Gasteiger partial charge in [0.05, 0.1) is 10.2 Å². The van der Waals surface area contributed by atoms with Gasteiger partial charge in [-0.05, 0) is 46.5 Å². The second kappa shape index (κ2) is 6.76. The molecule has 1 fully saturated rings. The number of rotatable bonds is 3. The molecule has 0 amide bonds. The van der Waals surface area contributed by atoms with E-state index in [9.17, 15) is 0 Å². The van der Waals surface area contributed by atoms with Crippen molar-refractivity contribution in [3.63, 3.8) is 0 Å². The van der Waals surface area contributed by atoms with Gasteiger partial charge < -0.3 is 0 Å². The average molecular weight is 431 g/mol. The van der Waals surface area contributed by atoms with E-state index < -0.39 is 0 Å². The summed E-state index contributed by atoms with van der Waals surface area (Å²) in [6.45, 7) is 0. The highest BCUT2D eigenvalue weighted by molar-refractivity contribution is 9.10. The number of nitrogens with zero attached hydrogens (tertiary/aromatic N) is 2. The Balaban J connectivity index is 1.90. The lowest BCUT2D eigenvalue weighted by molar-refractivity contribution is 0.681. The summed E-state index contributed by atoms with van der Waals surface area (Å²) in [5, 5.41) is 0.527. The number of benzene rings is 1. The van der Waals surface area contributed by atoms with Gasteiger partial charge in [0.2, 0.25) is 0 Å². The smallest absolute Gasteiger partial charge is 0.147 e. The van der Waals surface area contributed by atoms with Crippen molar-refractivity contribution in [2.24, 2.45) is 0 Å². The second-order valence-electron chi connectivity index (χ2n) is 5.41. The molecule has 0 aliphatic heterocycles. The molecule has 0 spiro atoms. The molecule has 1 saturated carbocycles. The molecule has 0 saturated heterocycles. The van der Waals surface area contributed by atoms with Crippen LogP contribution in [0.1, 0.15) is 48.7 Å². The SMILES string of the molecule is Clc1nc(Cc2ccc(Br)cc2)nc(C2CCCC2)c1Br. The Hall–Kier alpha value is -0.450. The lowest BCUT2D eigenvalue weighted by Gasteiger charge is -2.13. The molecule has 0 bridgehead atoms. The number of aromatic nitrogens is 2. The molecule has 0 unspecified atom stereocenters. The molecular weight excluding hydrogens is 415 g/mol. The Morgan fingerprint density at radius 1 is 1.05 bits per heavy atom. The fourth-order valence-electron chi connectivity index (χ4n) is 2.81. The fourth-order valence-corrected chi connectivity index (χ4v) is 3.77. The van der Waals surface area contributed by atoms with Crippen LogP contribution in [0, 0.1) is 0 Å². The van der Waals surface area contributed by atoms with Gasteiger partial charge >= 0.3 is 0 Å². The Bertz CT molecular complexity index is 637. The molecule has 0 N–H and O–H groups in total. The maximum Gasteiger partial charge on any atom is 0.147 e. The van der Waals surface area contributed by atoms with Crippen molar-refractivity contribution >= 4 is 43.5 Å². The minimum Gasteiger partial charge on any atom is -0.236 e. The summed E-state index contributed by atoms with van der Waals surface area (Å²) >= 11 is 13.3. The number of hydrogen-bond acceptors (Lipinski definition) is 2. The quantitative estimate of drug-likeness (QED) is 0.566. The highest BCUT2D eigenvalue weighted by Crippen LogP contribution is 2.38. The Morgan fingerprint density at radius 2 is 1.71 bits per heavy atom. The number of hydrogen-bond donors (Lipinski definition) is 0. The first-order valence-electron chi connectivity index (χ1n) is 7.10. The fraction of sp³-hybridized carbons (Fsp3) is 0.375. The van der Waals surface area contributed by atoms with Crippen molar-refractivity contribution in [1.82, 2.24) is 9.97 Å². The van der Waals surface area contributed by atoms with E-state index in [2.05, 4.69) is 49.0 Å². The van der Waals surface area contributed by atoms with E-state index in [0.717, 1.165) is 20.5 Å². The first-order valence-corrected chi connectivity index (χ1v) is 9.06. The van der Waals surface area contributed by atoms with Crippen molar-refractivity contribution in [2.75, 3.05) is 0 Å². The van der Waals surface area contributed by atoms with Gasteiger partial charge in [0.15, 0.2) is 0 Å². The summed E-state index contributed by atoms with van der Waals surface area (Å²) in [5.74, 6) is 1.32. The lowest BCUT2D eigenvalue weighted by atomic mass is 10.0. The van der Waals surface area contributed by atoms with E-state index >= 15 is 0 Å². The van der Waals surface area contributed by atoms with Gasteiger partial charge in [0.1, 0.15) is 11.0 Å². The van der Waals surface area contributed by atoms with Gasteiger partial charge in [-0.3, -0.25) is 0 Å². The summed E-state index contributed by atoms with van der Waals surface area (Å²) < 4.78 is 1.95. The zero-order valence-corrected chi connectivity index (χ0v) is 15.4. The predicted octanol–water partition coefficient (Wildman–Crippen LogP) is 5.90. The van der Waals surface area contributed by atoms with E-state index in [-0.39, 0.29) is 0 Å². The molecule has 2 aromatic rings. The third-order valence-electron chi connectivity index (χ3n) is 3.90. The lowest BCUT2D eigenvalue weighted by Crippen LogP contribution is -2.05. The van der Waals surface area contributed by atoms with E-state index in [0.29, 0.717) is 17.5 Å². The first-order chi connectivity index (χ1) is 10.1. The molecule has 0 atom stereocenters. The molecule has 110 valence electrons. The minimum absolute atomic E-state index is 0.517. The summed E-state index contributed by atoms with van der Waals surface area (Å²) in [6.07, 6.45) is 5.66. The molecule has 5 heteroatoms. The molecule has 2 nitrogen and oxygen atoms in total. The molecule has 1 aromatic heterocycles. The highest BCUT2D eigenvalue weighted by Gasteiger charge is 2.23.